The maximum absolute atomic E-state index is 12.5. The molecule has 0 spiro atoms. The lowest BCUT2D eigenvalue weighted by molar-refractivity contribution is -0.388. The molecule has 0 aliphatic heterocycles. The number of rotatable bonds is 5. The molecule has 2 aromatic rings. The molecule has 1 aromatic heterocycles. The van der Waals surface area contributed by atoms with Crippen LogP contribution in [0.15, 0.2) is 41.4 Å². The minimum Gasteiger partial charge on any atom is -0.481 e. The van der Waals surface area contributed by atoms with E-state index >= 15 is 0 Å². The Bertz CT molecular complexity index is 800. The third kappa shape index (κ3) is 3.40. The maximum atomic E-state index is 12.5. The van der Waals surface area contributed by atoms with Gasteiger partial charge in [0.2, 0.25) is 20.7 Å². The van der Waals surface area contributed by atoms with Crippen molar-refractivity contribution in [2.45, 2.75) is 17.7 Å². The van der Waals surface area contributed by atoms with Gasteiger partial charge in [0, 0.05) is 12.1 Å². The summed E-state index contributed by atoms with van der Waals surface area (Å²) in [7, 11) is -2.66. The topological polar surface area (TPSA) is 99.4 Å². The predicted octanol–water partition coefficient (Wildman–Crippen LogP) is 2.28. The molecule has 0 N–H and O–H groups in total. The zero-order valence-electron chi connectivity index (χ0n) is 12.0. The number of hydrogen-bond donors (Lipinski definition) is 0. The smallest absolute Gasteiger partial charge is 0.306 e. The van der Waals surface area contributed by atoms with Crippen molar-refractivity contribution in [2.75, 3.05) is 7.11 Å². The van der Waals surface area contributed by atoms with Crippen LogP contribution in [0.25, 0.3) is 0 Å². The zero-order chi connectivity index (χ0) is 16.3. The molecule has 22 heavy (non-hydrogen) atoms. The highest BCUT2D eigenvalue weighted by atomic mass is 32.2. The van der Waals surface area contributed by atoms with Crippen molar-refractivity contribution < 1.29 is 18.1 Å². The molecule has 1 heterocycles. The Hall–Kier alpha value is -2.48. The number of methoxy groups -OCH3 is 1. The summed E-state index contributed by atoms with van der Waals surface area (Å²) < 4.78 is 29.8. The highest BCUT2D eigenvalue weighted by Crippen LogP contribution is 2.27. The lowest BCUT2D eigenvalue weighted by atomic mass is 10.2. The number of ether oxygens (including phenoxy) is 1. The Morgan fingerprint density at radius 1 is 1.18 bits per heavy atom. The third-order valence-electron chi connectivity index (χ3n) is 2.99. The monoisotopic (exact) mass is 322 g/mol. The van der Waals surface area contributed by atoms with Crippen molar-refractivity contribution in [2.24, 2.45) is 0 Å². The summed E-state index contributed by atoms with van der Waals surface area (Å²) in [6.07, 6.45) is 0. The normalized spacial score (nSPS) is 11.2. The zero-order valence-corrected chi connectivity index (χ0v) is 12.8. The first-order valence-corrected chi connectivity index (χ1v) is 7.96. The molecular weight excluding hydrogens is 308 g/mol. The quantitative estimate of drug-likeness (QED) is 0.618. The van der Waals surface area contributed by atoms with E-state index < -0.39 is 25.5 Å². The number of nitro groups is 1. The first-order valence-electron chi connectivity index (χ1n) is 6.31. The van der Waals surface area contributed by atoms with Gasteiger partial charge < -0.3 is 4.74 Å². The molecule has 7 nitrogen and oxygen atoms in total. The summed E-state index contributed by atoms with van der Waals surface area (Å²) in [5, 5.41) is 10.4. The molecule has 8 heteroatoms. The molecule has 1 aromatic carbocycles. The molecule has 0 aliphatic rings. The molecule has 0 aliphatic carbocycles. The first-order chi connectivity index (χ1) is 10.3. The molecule has 2 rings (SSSR count). The lowest BCUT2D eigenvalue weighted by Gasteiger charge is -2.07. The maximum Gasteiger partial charge on any atom is 0.306 e. The molecule has 116 valence electrons. The molecule has 0 fully saturated rings. The van der Waals surface area contributed by atoms with Gasteiger partial charge in [-0.2, -0.15) is 4.98 Å². The minimum atomic E-state index is -3.97. The van der Waals surface area contributed by atoms with E-state index in [1.807, 2.05) is 6.92 Å². The van der Waals surface area contributed by atoms with Crippen molar-refractivity contribution in [3.63, 3.8) is 0 Å². The van der Waals surface area contributed by atoms with Crippen LogP contribution in [-0.2, 0) is 15.6 Å². The van der Waals surface area contributed by atoms with Crippen LogP contribution in [0.3, 0.4) is 0 Å². The molecular formula is C14H14N2O5S. The van der Waals surface area contributed by atoms with Gasteiger partial charge in [-0.15, -0.1) is 0 Å². The average Bonchev–Trinajstić information content (AvgIpc) is 2.48. The molecule has 0 unspecified atom stereocenters. The minimum absolute atomic E-state index is 0.00748. The van der Waals surface area contributed by atoms with Gasteiger partial charge in [-0.3, -0.25) is 10.1 Å². The third-order valence-corrected chi connectivity index (χ3v) is 4.60. The number of benzene rings is 1. The summed E-state index contributed by atoms with van der Waals surface area (Å²) in [5.74, 6) is -0.359. The number of nitrogens with zero attached hydrogens (tertiary/aromatic N) is 2. The Kier molecular flexibility index (Phi) is 4.41. The molecule has 0 radical (unpaired) electrons. The van der Waals surface area contributed by atoms with Gasteiger partial charge in [0.25, 0.3) is 0 Å². The van der Waals surface area contributed by atoms with Gasteiger partial charge in [-0.25, -0.2) is 8.42 Å². The largest absolute Gasteiger partial charge is 0.481 e. The Balaban J connectivity index is 2.47. The number of hydrogen-bond acceptors (Lipinski definition) is 6. The summed E-state index contributed by atoms with van der Waals surface area (Å²) in [4.78, 5) is 14.0. The Morgan fingerprint density at radius 3 is 2.36 bits per heavy atom. The molecule has 0 bridgehead atoms. The van der Waals surface area contributed by atoms with Crippen LogP contribution in [0.1, 0.15) is 11.1 Å². The number of aryl methyl sites for hydroxylation is 1. The fourth-order valence-corrected chi connectivity index (χ4v) is 3.33. The van der Waals surface area contributed by atoms with Gasteiger partial charge >= 0.3 is 5.69 Å². The first kappa shape index (κ1) is 15.9. The van der Waals surface area contributed by atoms with Crippen LogP contribution in [0.2, 0.25) is 0 Å². The van der Waals surface area contributed by atoms with Crippen molar-refractivity contribution in [3.8, 4) is 5.88 Å². The predicted molar refractivity (Wildman–Crippen MR) is 79.5 cm³/mol. The second-order valence-electron chi connectivity index (χ2n) is 4.68. The van der Waals surface area contributed by atoms with Crippen LogP contribution >= 0.6 is 0 Å². The van der Waals surface area contributed by atoms with Gasteiger partial charge in [0.1, 0.15) is 0 Å². The summed E-state index contributed by atoms with van der Waals surface area (Å²) in [6.45, 7) is 1.88. The Labute approximate surface area is 127 Å². The van der Waals surface area contributed by atoms with Gasteiger partial charge in [-0.05, 0) is 12.5 Å². The standard InChI is InChI=1S/C14H14N2O5S/c1-10-3-5-11(6-4-10)9-22(19,20)14-12(16(17)18)7-8-13(15-14)21-2/h3-8H,9H2,1-2H3. The SMILES string of the molecule is COc1ccc([N+](=O)[O-])c(S(=O)(=O)Cc2ccc(C)cc2)n1. The molecule has 0 saturated heterocycles. The van der Waals surface area contributed by atoms with Crippen molar-refractivity contribution in [1.82, 2.24) is 4.98 Å². The molecule has 0 atom stereocenters. The van der Waals surface area contributed by atoms with E-state index in [4.69, 9.17) is 4.74 Å². The summed E-state index contributed by atoms with van der Waals surface area (Å²) in [6, 6.07) is 9.21. The highest BCUT2D eigenvalue weighted by Gasteiger charge is 2.28. The van der Waals surface area contributed by atoms with Crippen LogP contribution < -0.4 is 4.74 Å². The second-order valence-corrected chi connectivity index (χ2v) is 6.58. The van der Waals surface area contributed by atoms with Crippen LogP contribution in [0.5, 0.6) is 5.88 Å². The van der Waals surface area contributed by atoms with E-state index in [0.717, 1.165) is 11.6 Å². The van der Waals surface area contributed by atoms with Crippen LogP contribution in [-0.4, -0.2) is 25.4 Å². The van der Waals surface area contributed by atoms with E-state index in [-0.39, 0.29) is 11.6 Å². The van der Waals surface area contributed by atoms with Gasteiger partial charge in [0.05, 0.1) is 17.8 Å². The van der Waals surface area contributed by atoms with E-state index in [0.29, 0.717) is 5.56 Å². The number of pyridine rings is 1. The van der Waals surface area contributed by atoms with Crippen LogP contribution in [0, 0.1) is 17.0 Å². The number of aromatic nitrogens is 1. The fraction of sp³-hybridized carbons (Fsp3) is 0.214. The molecule has 0 saturated carbocycles. The van der Waals surface area contributed by atoms with Gasteiger partial charge in [-0.1, -0.05) is 29.8 Å². The number of sulfone groups is 1. The summed E-state index contributed by atoms with van der Waals surface area (Å²) >= 11 is 0. The van der Waals surface area contributed by atoms with E-state index in [1.165, 1.54) is 13.2 Å². The van der Waals surface area contributed by atoms with E-state index in [2.05, 4.69) is 4.98 Å². The van der Waals surface area contributed by atoms with Crippen molar-refractivity contribution in [3.05, 3.63) is 57.6 Å². The fourth-order valence-electron chi connectivity index (χ4n) is 1.87. The highest BCUT2D eigenvalue weighted by molar-refractivity contribution is 7.90. The van der Waals surface area contributed by atoms with Gasteiger partial charge in [0.15, 0.2) is 0 Å². The summed E-state index contributed by atoms with van der Waals surface area (Å²) in [5.41, 5.74) is 0.962. The second kappa shape index (κ2) is 6.10. The van der Waals surface area contributed by atoms with Crippen LogP contribution in [0.4, 0.5) is 5.69 Å². The molecule has 0 amide bonds. The van der Waals surface area contributed by atoms with Crippen molar-refractivity contribution in [1.29, 1.82) is 0 Å². The van der Waals surface area contributed by atoms with E-state index in [9.17, 15) is 18.5 Å². The van der Waals surface area contributed by atoms with E-state index in [1.54, 1.807) is 24.3 Å². The van der Waals surface area contributed by atoms with Crippen molar-refractivity contribution >= 4 is 15.5 Å². The average molecular weight is 322 g/mol. The lowest BCUT2D eigenvalue weighted by Crippen LogP contribution is -2.11. The Morgan fingerprint density at radius 2 is 1.82 bits per heavy atom.